The van der Waals surface area contributed by atoms with Crippen LogP contribution >= 0.6 is 0 Å². The highest BCUT2D eigenvalue weighted by molar-refractivity contribution is 5.94. The number of hydrogen-bond donors (Lipinski definition) is 1. The maximum absolute atomic E-state index is 11.6. The topological polar surface area (TPSA) is 69.0 Å². The summed E-state index contributed by atoms with van der Waals surface area (Å²) in [6.45, 7) is 5.63. The molecular formula is C10H16N4O2. The van der Waals surface area contributed by atoms with Crippen molar-refractivity contribution in [2.24, 2.45) is 0 Å². The van der Waals surface area contributed by atoms with Gasteiger partial charge in [-0.05, 0) is 13.8 Å². The average molecular weight is 224 g/mol. The zero-order chi connectivity index (χ0) is 11.5. The van der Waals surface area contributed by atoms with Gasteiger partial charge in [-0.3, -0.25) is 4.79 Å². The Kier molecular flexibility index (Phi) is 3.31. The second-order valence-corrected chi connectivity index (χ2v) is 4.18. The smallest absolute Gasteiger partial charge is 0.210 e. The molecule has 0 atom stereocenters. The van der Waals surface area contributed by atoms with Crippen LogP contribution in [0.4, 0.5) is 0 Å². The molecule has 0 unspecified atom stereocenters. The van der Waals surface area contributed by atoms with E-state index in [0.717, 1.165) is 13.1 Å². The lowest BCUT2D eigenvalue weighted by molar-refractivity contribution is 0.0580. The van der Waals surface area contributed by atoms with Gasteiger partial charge in [0.15, 0.2) is 5.69 Å². The first-order valence-electron chi connectivity index (χ1n) is 5.44. The van der Waals surface area contributed by atoms with Crippen LogP contribution in [0.2, 0.25) is 0 Å². The molecule has 1 aliphatic rings. The molecule has 2 heterocycles. The maximum atomic E-state index is 11.6. The van der Waals surface area contributed by atoms with Crippen molar-refractivity contribution in [3.05, 3.63) is 11.9 Å². The molecule has 1 aromatic heterocycles. The lowest BCUT2D eigenvalue weighted by atomic mass is 10.2. The Hall–Kier alpha value is -1.27. The third-order valence-corrected chi connectivity index (χ3v) is 2.48. The van der Waals surface area contributed by atoms with Crippen LogP contribution in [-0.4, -0.2) is 46.6 Å². The van der Waals surface area contributed by atoms with Crippen LogP contribution in [0, 0.1) is 0 Å². The Morgan fingerprint density at radius 3 is 3.00 bits per heavy atom. The van der Waals surface area contributed by atoms with Crippen molar-refractivity contribution in [1.29, 1.82) is 0 Å². The van der Waals surface area contributed by atoms with Crippen molar-refractivity contribution in [1.82, 2.24) is 20.3 Å². The molecule has 0 amide bonds. The lowest BCUT2D eigenvalue weighted by Crippen LogP contribution is -2.43. The van der Waals surface area contributed by atoms with Crippen LogP contribution in [0.15, 0.2) is 6.20 Å². The molecule has 1 aliphatic heterocycles. The molecule has 88 valence electrons. The lowest BCUT2D eigenvalue weighted by Gasteiger charge is -2.26. The molecule has 0 bridgehead atoms. The molecule has 0 spiro atoms. The zero-order valence-corrected chi connectivity index (χ0v) is 9.51. The van der Waals surface area contributed by atoms with E-state index in [1.807, 2.05) is 13.8 Å². The predicted molar refractivity (Wildman–Crippen MR) is 57.3 cm³/mol. The number of rotatable bonds is 5. The number of carbonyl (C=O) groups excluding carboxylic acids is 1. The van der Waals surface area contributed by atoms with Gasteiger partial charge in [0.05, 0.1) is 18.3 Å². The van der Waals surface area contributed by atoms with Crippen molar-refractivity contribution >= 4 is 5.78 Å². The van der Waals surface area contributed by atoms with Crippen molar-refractivity contribution in [3.63, 3.8) is 0 Å². The fourth-order valence-corrected chi connectivity index (χ4v) is 1.36. The quantitative estimate of drug-likeness (QED) is 0.715. The summed E-state index contributed by atoms with van der Waals surface area (Å²) in [4.78, 5) is 11.6. The first kappa shape index (κ1) is 11.2. The Balaban J connectivity index is 1.92. The first-order chi connectivity index (χ1) is 7.66. The molecular weight excluding hydrogens is 208 g/mol. The normalized spacial score (nSPS) is 16.4. The molecule has 1 aromatic rings. The van der Waals surface area contributed by atoms with E-state index in [1.165, 1.54) is 0 Å². The van der Waals surface area contributed by atoms with Crippen molar-refractivity contribution in [2.45, 2.75) is 26.0 Å². The third-order valence-electron chi connectivity index (χ3n) is 2.48. The van der Waals surface area contributed by atoms with E-state index in [9.17, 15) is 4.79 Å². The SMILES string of the molecule is CC(C)OCC(=O)c1cn(C2CNC2)nn1. The number of nitrogens with one attached hydrogen (secondary N) is 1. The summed E-state index contributed by atoms with van der Waals surface area (Å²) in [5.41, 5.74) is 0.382. The predicted octanol–water partition coefficient (Wildman–Crippen LogP) is 0.0301. The molecule has 1 fully saturated rings. The molecule has 6 nitrogen and oxygen atoms in total. The van der Waals surface area contributed by atoms with Gasteiger partial charge in [-0.2, -0.15) is 0 Å². The number of ketones is 1. The van der Waals surface area contributed by atoms with E-state index < -0.39 is 0 Å². The summed E-state index contributed by atoms with van der Waals surface area (Å²) in [6.07, 6.45) is 1.74. The second kappa shape index (κ2) is 4.71. The van der Waals surface area contributed by atoms with Gasteiger partial charge < -0.3 is 10.1 Å². The molecule has 0 aliphatic carbocycles. The summed E-state index contributed by atoms with van der Waals surface area (Å²) in [7, 11) is 0. The second-order valence-electron chi connectivity index (χ2n) is 4.18. The van der Waals surface area contributed by atoms with Gasteiger partial charge in [0.25, 0.3) is 0 Å². The zero-order valence-electron chi connectivity index (χ0n) is 9.51. The van der Waals surface area contributed by atoms with Gasteiger partial charge >= 0.3 is 0 Å². The van der Waals surface area contributed by atoms with Gasteiger partial charge in [0, 0.05) is 13.1 Å². The fraction of sp³-hybridized carbons (Fsp3) is 0.700. The number of aromatic nitrogens is 3. The third kappa shape index (κ3) is 2.45. The largest absolute Gasteiger partial charge is 0.371 e. The van der Waals surface area contributed by atoms with E-state index in [4.69, 9.17) is 4.74 Å². The van der Waals surface area contributed by atoms with Gasteiger partial charge in [0.1, 0.15) is 6.61 Å². The summed E-state index contributed by atoms with van der Waals surface area (Å²) in [5.74, 6) is -0.118. The summed E-state index contributed by atoms with van der Waals surface area (Å²) in [6, 6.07) is 0.333. The molecule has 0 radical (unpaired) electrons. The van der Waals surface area contributed by atoms with Crippen molar-refractivity contribution in [2.75, 3.05) is 19.7 Å². The summed E-state index contributed by atoms with van der Waals surface area (Å²) in [5, 5.41) is 10.9. The van der Waals surface area contributed by atoms with Crippen molar-refractivity contribution < 1.29 is 9.53 Å². The highest BCUT2D eigenvalue weighted by Crippen LogP contribution is 2.10. The summed E-state index contributed by atoms with van der Waals surface area (Å²) < 4.78 is 6.96. The van der Waals surface area contributed by atoms with Gasteiger partial charge in [0.2, 0.25) is 5.78 Å². The highest BCUT2D eigenvalue weighted by Gasteiger charge is 2.21. The van der Waals surface area contributed by atoms with Crippen LogP contribution in [0.1, 0.15) is 30.4 Å². The molecule has 0 aromatic carbocycles. The van der Waals surface area contributed by atoms with E-state index in [1.54, 1.807) is 10.9 Å². The molecule has 1 N–H and O–H groups in total. The van der Waals surface area contributed by atoms with E-state index >= 15 is 0 Å². The Morgan fingerprint density at radius 1 is 1.69 bits per heavy atom. The molecule has 16 heavy (non-hydrogen) atoms. The minimum absolute atomic E-state index is 0.0508. The number of nitrogens with zero attached hydrogens (tertiary/aromatic N) is 3. The summed E-state index contributed by atoms with van der Waals surface area (Å²) >= 11 is 0. The van der Waals surface area contributed by atoms with Crippen molar-refractivity contribution in [3.8, 4) is 0 Å². The van der Waals surface area contributed by atoms with Crippen LogP contribution in [0.25, 0.3) is 0 Å². The van der Waals surface area contributed by atoms with Gasteiger partial charge in [-0.15, -0.1) is 5.10 Å². The molecule has 1 saturated heterocycles. The minimum atomic E-state index is -0.118. The number of Topliss-reactive ketones (excluding diaryl/α,β-unsaturated/α-hetero) is 1. The van der Waals surface area contributed by atoms with Crippen LogP contribution in [0.5, 0.6) is 0 Å². The number of ether oxygens (including phenoxy) is 1. The average Bonchev–Trinajstić information content (AvgIpc) is 2.60. The maximum Gasteiger partial charge on any atom is 0.210 e. The first-order valence-corrected chi connectivity index (χ1v) is 5.44. The van der Waals surface area contributed by atoms with Gasteiger partial charge in [-0.1, -0.05) is 5.21 Å². The standard InChI is InChI=1S/C10H16N4O2/c1-7(2)16-6-10(15)9-5-14(13-12-9)8-3-11-4-8/h5,7-8,11H,3-4,6H2,1-2H3. The van der Waals surface area contributed by atoms with Crippen LogP contribution in [0.3, 0.4) is 0 Å². The molecule has 0 saturated carbocycles. The fourth-order valence-electron chi connectivity index (χ4n) is 1.36. The Bertz CT molecular complexity index is 371. The van der Waals surface area contributed by atoms with E-state index in [-0.39, 0.29) is 18.5 Å². The van der Waals surface area contributed by atoms with E-state index in [2.05, 4.69) is 15.6 Å². The number of hydrogen-bond acceptors (Lipinski definition) is 5. The Morgan fingerprint density at radius 2 is 2.44 bits per heavy atom. The number of carbonyl (C=O) groups is 1. The highest BCUT2D eigenvalue weighted by atomic mass is 16.5. The molecule has 6 heteroatoms. The van der Waals surface area contributed by atoms with E-state index in [0.29, 0.717) is 11.7 Å². The molecule has 2 rings (SSSR count). The Labute approximate surface area is 94.0 Å². The van der Waals surface area contributed by atoms with Gasteiger partial charge in [-0.25, -0.2) is 4.68 Å². The monoisotopic (exact) mass is 224 g/mol. The minimum Gasteiger partial charge on any atom is -0.371 e. The van der Waals surface area contributed by atoms with Crippen LogP contribution < -0.4 is 5.32 Å². The van der Waals surface area contributed by atoms with Crippen LogP contribution in [-0.2, 0) is 4.74 Å².